The summed E-state index contributed by atoms with van der Waals surface area (Å²) in [5.74, 6) is 1.71. The zero-order chi connectivity index (χ0) is 23.1. The molecule has 0 saturated carbocycles. The van der Waals surface area contributed by atoms with Crippen LogP contribution in [0.15, 0.2) is 91.4 Å². The molecule has 2 heterocycles. The number of H-pyrrole nitrogens is 1. The van der Waals surface area contributed by atoms with Crippen molar-refractivity contribution in [2.75, 3.05) is 19.5 Å². The second-order valence-corrected chi connectivity index (χ2v) is 8.45. The maximum absolute atomic E-state index is 5.33. The Hall–Kier alpha value is -4.38. The van der Waals surface area contributed by atoms with Crippen LogP contribution in [0.3, 0.4) is 0 Å². The number of allylic oxidation sites excluding steroid dienone is 1. The highest BCUT2D eigenvalue weighted by atomic mass is 16.5. The Kier molecular flexibility index (Phi) is 4.88. The van der Waals surface area contributed by atoms with Gasteiger partial charge in [0, 0.05) is 30.7 Å². The van der Waals surface area contributed by atoms with E-state index < -0.39 is 0 Å². The van der Waals surface area contributed by atoms with Crippen LogP contribution in [-0.4, -0.2) is 29.1 Å². The summed E-state index contributed by atoms with van der Waals surface area (Å²) in [5.41, 5.74) is 9.34. The number of benzene rings is 3. The number of hydrogen-bond acceptors (Lipinski definition) is 4. The molecular weight excluding hydrogens is 420 g/mol. The van der Waals surface area contributed by atoms with Crippen LogP contribution in [0.1, 0.15) is 28.3 Å². The first-order valence-corrected chi connectivity index (χ1v) is 11.3. The topological polar surface area (TPSA) is 62.8 Å². The molecule has 5 nitrogen and oxygen atoms in total. The maximum atomic E-state index is 5.33. The van der Waals surface area contributed by atoms with Crippen LogP contribution < -0.4 is 10.1 Å². The fraction of sp³-hybridized carbons (Fsp3) is 0.103. The average molecular weight is 445 g/mol. The first kappa shape index (κ1) is 20.2. The molecule has 0 amide bonds. The quantitative estimate of drug-likeness (QED) is 0.336. The molecule has 2 aromatic heterocycles. The van der Waals surface area contributed by atoms with Crippen LogP contribution in [0.4, 0.5) is 5.82 Å². The highest BCUT2D eigenvalue weighted by Gasteiger charge is 2.27. The molecule has 0 radical (unpaired) electrons. The van der Waals surface area contributed by atoms with Gasteiger partial charge in [0.05, 0.1) is 12.8 Å². The van der Waals surface area contributed by atoms with Crippen molar-refractivity contribution in [3.8, 4) is 16.9 Å². The number of fused-ring (bicyclic) bond motifs is 2. The minimum atomic E-state index is 0.0395. The number of anilines is 1. The van der Waals surface area contributed by atoms with Crippen LogP contribution in [0.25, 0.3) is 27.6 Å². The van der Waals surface area contributed by atoms with Gasteiger partial charge in [0.15, 0.2) is 0 Å². The van der Waals surface area contributed by atoms with Gasteiger partial charge in [0.1, 0.15) is 17.9 Å². The Morgan fingerprint density at radius 1 is 0.853 bits per heavy atom. The third-order valence-corrected chi connectivity index (χ3v) is 6.56. The molecule has 3 aromatic carbocycles. The summed E-state index contributed by atoms with van der Waals surface area (Å²) in [5, 5.41) is 4.35. The highest BCUT2D eigenvalue weighted by Crippen LogP contribution is 2.44. The van der Waals surface area contributed by atoms with E-state index in [0.29, 0.717) is 0 Å². The van der Waals surface area contributed by atoms with E-state index in [1.54, 1.807) is 13.4 Å². The van der Waals surface area contributed by atoms with Crippen molar-refractivity contribution in [1.82, 2.24) is 15.0 Å². The van der Waals surface area contributed by atoms with E-state index in [4.69, 9.17) is 4.74 Å². The standard InChI is InChI=1S/C29H24N4O/c1-30-29-16-28(32-17-33-29)26-15-24(21-4-3-19-11-12-31-27(19)14-21)23-10-7-20(13-25(23)26)18-5-8-22(34-2)9-6-18/h3-17,26,31H,1-2H3,(H,30,32,33). The van der Waals surface area contributed by atoms with Crippen LogP contribution in [0.2, 0.25) is 0 Å². The van der Waals surface area contributed by atoms with Crippen LogP contribution in [0.5, 0.6) is 5.75 Å². The molecule has 0 fully saturated rings. The number of nitrogens with one attached hydrogen (secondary N) is 2. The van der Waals surface area contributed by atoms with Crippen LogP contribution in [0, 0.1) is 0 Å². The zero-order valence-electron chi connectivity index (χ0n) is 19.0. The molecule has 6 rings (SSSR count). The first-order chi connectivity index (χ1) is 16.7. The predicted molar refractivity (Wildman–Crippen MR) is 137 cm³/mol. The maximum Gasteiger partial charge on any atom is 0.129 e. The molecule has 0 spiro atoms. The van der Waals surface area contributed by atoms with E-state index in [1.807, 2.05) is 31.4 Å². The summed E-state index contributed by atoms with van der Waals surface area (Å²) in [6.07, 6.45) is 5.94. The third kappa shape index (κ3) is 3.42. The molecule has 0 aliphatic heterocycles. The van der Waals surface area contributed by atoms with E-state index in [2.05, 4.69) is 80.9 Å². The molecule has 1 atom stereocenters. The van der Waals surface area contributed by atoms with E-state index in [1.165, 1.54) is 33.2 Å². The fourth-order valence-corrected chi connectivity index (χ4v) is 4.77. The molecule has 5 heteroatoms. The smallest absolute Gasteiger partial charge is 0.129 e. The Balaban J connectivity index is 1.50. The lowest BCUT2D eigenvalue weighted by atomic mass is 9.92. The summed E-state index contributed by atoms with van der Waals surface area (Å²) >= 11 is 0. The van der Waals surface area contributed by atoms with Crippen LogP contribution >= 0.6 is 0 Å². The van der Waals surface area contributed by atoms with Gasteiger partial charge >= 0.3 is 0 Å². The Bertz CT molecular complexity index is 1530. The number of rotatable bonds is 5. The molecule has 0 saturated heterocycles. The van der Waals surface area contributed by atoms with Gasteiger partial charge in [-0.05, 0) is 69.1 Å². The monoisotopic (exact) mass is 444 g/mol. The Labute approximate surface area is 198 Å². The second-order valence-electron chi connectivity index (χ2n) is 8.45. The van der Waals surface area contributed by atoms with Gasteiger partial charge in [-0.3, -0.25) is 0 Å². The van der Waals surface area contributed by atoms with Crippen LogP contribution in [-0.2, 0) is 0 Å². The second kappa shape index (κ2) is 8.19. The number of methoxy groups -OCH3 is 1. The van der Waals surface area contributed by atoms with E-state index in [0.717, 1.165) is 28.3 Å². The molecule has 1 aliphatic carbocycles. The zero-order valence-corrected chi connectivity index (χ0v) is 19.0. The predicted octanol–water partition coefficient (Wildman–Crippen LogP) is 6.25. The normalized spacial score (nSPS) is 14.6. The number of aromatic amines is 1. The van der Waals surface area contributed by atoms with Gasteiger partial charge in [-0.15, -0.1) is 0 Å². The van der Waals surface area contributed by atoms with Gasteiger partial charge < -0.3 is 15.0 Å². The third-order valence-electron chi connectivity index (χ3n) is 6.56. The number of nitrogens with zero attached hydrogens (tertiary/aromatic N) is 2. The van der Waals surface area contributed by atoms with Crippen molar-refractivity contribution in [2.45, 2.75) is 5.92 Å². The lowest BCUT2D eigenvalue weighted by Gasteiger charge is -2.14. The van der Waals surface area contributed by atoms with Gasteiger partial charge in [0.2, 0.25) is 0 Å². The summed E-state index contributed by atoms with van der Waals surface area (Å²) < 4.78 is 5.33. The van der Waals surface area contributed by atoms with Gasteiger partial charge in [-0.1, -0.05) is 42.5 Å². The SMILES string of the molecule is CNc1cc(C2C=C(c3ccc4cc[nH]c4c3)c3ccc(-c4ccc(OC)cc4)cc32)ncn1. The van der Waals surface area contributed by atoms with Crippen molar-refractivity contribution in [1.29, 1.82) is 0 Å². The largest absolute Gasteiger partial charge is 0.497 e. The lowest BCUT2D eigenvalue weighted by molar-refractivity contribution is 0.415. The molecule has 1 unspecified atom stereocenters. The average Bonchev–Trinajstić information content (AvgIpc) is 3.52. The van der Waals surface area contributed by atoms with Gasteiger partial charge in [-0.2, -0.15) is 0 Å². The minimum absolute atomic E-state index is 0.0395. The fourth-order valence-electron chi connectivity index (χ4n) is 4.77. The summed E-state index contributed by atoms with van der Waals surface area (Å²) in [7, 11) is 3.57. The van der Waals surface area contributed by atoms with Crippen molar-refractivity contribution < 1.29 is 4.74 Å². The summed E-state index contributed by atoms with van der Waals surface area (Å²) in [6, 6.07) is 25.6. The summed E-state index contributed by atoms with van der Waals surface area (Å²) in [6.45, 7) is 0. The first-order valence-electron chi connectivity index (χ1n) is 11.3. The van der Waals surface area contributed by atoms with Gasteiger partial charge in [0.25, 0.3) is 0 Å². The lowest BCUT2D eigenvalue weighted by Crippen LogP contribution is -2.02. The van der Waals surface area contributed by atoms with Crippen molar-refractivity contribution in [3.63, 3.8) is 0 Å². The number of ether oxygens (including phenoxy) is 1. The highest BCUT2D eigenvalue weighted by molar-refractivity contribution is 5.92. The molecule has 2 N–H and O–H groups in total. The van der Waals surface area contributed by atoms with Crippen molar-refractivity contribution >= 4 is 22.3 Å². The van der Waals surface area contributed by atoms with Crippen molar-refractivity contribution in [3.05, 3.63) is 114 Å². The molecule has 166 valence electrons. The number of hydrogen-bond donors (Lipinski definition) is 2. The van der Waals surface area contributed by atoms with E-state index in [-0.39, 0.29) is 5.92 Å². The van der Waals surface area contributed by atoms with Crippen molar-refractivity contribution in [2.24, 2.45) is 0 Å². The molecule has 0 bridgehead atoms. The minimum Gasteiger partial charge on any atom is -0.497 e. The van der Waals surface area contributed by atoms with Gasteiger partial charge in [-0.25, -0.2) is 9.97 Å². The Morgan fingerprint density at radius 2 is 1.68 bits per heavy atom. The Morgan fingerprint density at radius 3 is 2.50 bits per heavy atom. The molecule has 5 aromatic rings. The van der Waals surface area contributed by atoms with E-state index >= 15 is 0 Å². The van der Waals surface area contributed by atoms with E-state index in [9.17, 15) is 0 Å². The molecule has 1 aliphatic rings. The molecule has 34 heavy (non-hydrogen) atoms. The molecular formula is C29H24N4O. The summed E-state index contributed by atoms with van der Waals surface area (Å²) in [4.78, 5) is 12.3. The number of aromatic nitrogens is 3.